The zero-order chi connectivity index (χ0) is 22.3. The van der Waals surface area contributed by atoms with Gasteiger partial charge in [-0.15, -0.1) is 0 Å². The molecule has 162 valence electrons. The van der Waals surface area contributed by atoms with Crippen LogP contribution in [0.4, 0.5) is 5.69 Å². The number of para-hydroxylation sites is 2. The van der Waals surface area contributed by atoms with E-state index in [4.69, 9.17) is 9.15 Å². The molecule has 0 aliphatic carbocycles. The molecule has 0 aliphatic rings. The van der Waals surface area contributed by atoms with Crippen LogP contribution in [0.15, 0.2) is 76.2 Å². The predicted molar refractivity (Wildman–Crippen MR) is 114 cm³/mol. The predicted octanol–water partition coefficient (Wildman–Crippen LogP) is 2.25. The monoisotopic (exact) mass is 443 g/mol. The van der Waals surface area contributed by atoms with Crippen LogP contribution < -0.4 is 20.1 Å². The second kappa shape index (κ2) is 9.81. The number of anilines is 1. The zero-order valence-electron chi connectivity index (χ0n) is 16.6. The molecule has 2 aromatic carbocycles. The van der Waals surface area contributed by atoms with E-state index in [2.05, 4.69) is 15.4 Å². The quantitative estimate of drug-likeness (QED) is 0.436. The highest BCUT2D eigenvalue weighted by Gasteiger charge is 2.17. The fraction of sp³-hybridized carbons (Fsp3) is 0.143. The summed E-state index contributed by atoms with van der Waals surface area (Å²) in [5.41, 5.74) is 0.594. The maximum atomic E-state index is 12.6. The van der Waals surface area contributed by atoms with Crippen molar-refractivity contribution in [3.63, 3.8) is 0 Å². The SMILES string of the molecule is COc1ccccc1NS(=O)(=O)c1ccc(C(=O)NCCNC(=O)c2ccco2)cc1. The molecule has 3 aromatic rings. The average molecular weight is 443 g/mol. The van der Waals surface area contributed by atoms with Gasteiger partial charge in [-0.05, 0) is 48.5 Å². The molecule has 31 heavy (non-hydrogen) atoms. The number of hydrogen-bond donors (Lipinski definition) is 3. The third-order valence-electron chi connectivity index (χ3n) is 4.22. The van der Waals surface area contributed by atoms with Gasteiger partial charge in [-0.2, -0.15) is 0 Å². The third kappa shape index (κ3) is 5.64. The first-order chi connectivity index (χ1) is 14.9. The smallest absolute Gasteiger partial charge is 0.287 e. The molecule has 10 heteroatoms. The molecule has 9 nitrogen and oxygen atoms in total. The number of carbonyl (C=O) groups excluding carboxylic acids is 2. The molecule has 3 rings (SSSR count). The van der Waals surface area contributed by atoms with Crippen LogP contribution in [0.3, 0.4) is 0 Å². The average Bonchev–Trinajstić information content (AvgIpc) is 3.32. The van der Waals surface area contributed by atoms with Gasteiger partial charge in [0.15, 0.2) is 5.76 Å². The van der Waals surface area contributed by atoms with Crippen molar-refractivity contribution < 1.29 is 27.2 Å². The lowest BCUT2D eigenvalue weighted by molar-refractivity contribution is 0.0910. The Balaban J connectivity index is 1.55. The lowest BCUT2D eigenvalue weighted by Crippen LogP contribution is -2.34. The number of benzene rings is 2. The molecule has 0 bridgehead atoms. The summed E-state index contributed by atoms with van der Waals surface area (Å²) in [5, 5.41) is 5.26. The molecule has 0 spiro atoms. The Kier molecular flexibility index (Phi) is 6.93. The van der Waals surface area contributed by atoms with Gasteiger partial charge in [0.1, 0.15) is 5.75 Å². The van der Waals surface area contributed by atoms with Crippen LogP contribution >= 0.6 is 0 Å². The molecule has 0 atom stereocenters. The number of ether oxygens (including phenoxy) is 1. The summed E-state index contributed by atoms with van der Waals surface area (Å²) in [4.78, 5) is 24.0. The minimum Gasteiger partial charge on any atom is -0.495 e. The molecular weight excluding hydrogens is 422 g/mol. The highest BCUT2D eigenvalue weighted by molar-refractivity contribution is 7.92. The minimum atomic E-state index is -3.86. The van der Waals surface area contributed by atoms with Gasteiger partial charge in [0.2, 0.25) is 0 Å². The first kappa shape index (κ1) is 21.9. The van der Waals surface area contributed by atoms with Gasteiger partial charge in [-0.3, -0.25) is 14.3 Å². The van der Waals surface area contributed by atoms with Gasteiger partial charge in [-0.1, -0.05) is 12.1 Å². The van der Waals surface area contributed by atoms with Crippen LogP contribution in [0.2, 0.25) is 0 Å². The van der Waals surface area contributed by atoms with Crippen LogP contribution in [-0.4, -0.2) is 40.4 Å². The first-order valence-electron chi connectivity index (χ1n) is 9.26. The van der Waals surface area contributed by atoms with Crippen LogP contribution in [0.1, 0.15) is 20.9 Å². The molecule has 0 saturated heterocycles. The Hall–Kier alpha value is -3.79. The van der Waals surface area contributed by atoms with E-state index in [1.165, 1.54) is 43.7 Å². The topological polar surface area (TPSA) is 127 Å². The van der Waals surface area contributed by atoms with Crippen LogP contribution in [-0.2, 0) is 10.0 Å². The van der Waals surface area contributed by atoms with Crippen LogP contribution in [0.5, 0.6) is 5.75 Å². The Labute approximate surface area is 179 Å². The summed E-state index contributed by atoms with van der Waals surface area (Å²) in [6.45, 7) is 0.404. The summed E-state index contributed by atoms with van der Waals surface area (Å²) in [6, 6.07) is 15.3. The van der Waals surface area contributed by atoms with Gasteiger partial charge < -0.3 is 19.8 Å². The first-order valence-corrected chi connectivity index (χ1v) is 10.7. The highest BCUT2D eigenvalue weighted by Crippen LogP contribution is 2.26. The van der Waals surface area contributed by atoms with Crippen molar-refractivity contribution >= 4 is 27.5 Å². The summed E-state index contributed by atoms with van der Waals surface area (Å²) < 4.78 is 37.8. The summed E-state index contributed by atoms with van der Waals surface area (Å²) in [6.07, 6.45) is 1.40. The van der Waals surface area contributed by atoms with E-state index in [9.17, 15) is 18.0 Å². The number of amides is 2. The Bertz CT molecular complexity index is 1140. The van der Waals surface area contributed by atoms with Crippen molar-refractivity contribution in [1.29, 1.82) is 0 Å². The molecule has 0 aliphatic heterocycles. The van der Waals surface area contributed by atoms with Gasteiger partial charge in [0.05, 0.1) is 24.0 Å². The van der Waals surface area contributed by atoms with E-state index < -0.39 is 15.9 Å². The number of sulfonamides is 1. The molecule has 0 saturated carbocycles. The largest absolute Gasteiger partial charge is 0.495 e. The van der Waals surface area contributed by atoms with Crippen molar-refractivity contribution in [3.8, 4) is 5.75 Å². The van der Waals surface area contributed by atoms with E-state index in [1.54, 1.807) is 30.3 Å². The molecule has 1 aromatic heterocycles. The number of furan rings is 1. The number of rotatable bonds is 9. The Morgan fingerprint density at radius 2 is 1.58 bits per heavy atom. The molecule has 0 unspecified atom stereocenters. The fourth-order valence-corrected chi connectivity index (χ4v) is 3.74. The molecule has 0 fully saturated rings. The number of carbonyl (C=O) groups is 2. The van der Waals surface area contributed by atoms with E-state index in [1.807, 2.05) is 0 Å². The van der Waals surface area contributed by atoms with Crippen molar-refractivity contribution in [2.75, 3.05) is 24.9 Å². The zero-order valence-corrected chi connectivity index (χ0v) is 17.4. The van der Waals surface area contributed by atoms with E-state index >= 15 is 0 Å². The lowest BCUT2D eigenvalue weighted by Gasteiger charge is -2.12. The van der Waals surface area contributed by atoms with Crippen molar-refractivity contribution in [2.45, 2.75) is 4.90 Å². The number of hydrogen-bond acceptors (Lipinski definition) is 6. The summed E-state index contributed by atoms with van der Waals surface area (Å²) in [5.74, 6) is -0.198. The molecule has 3 N–H and O–H groups in total. The van der Waals surface area contributed by atoms with E-state index in [-0.39, 0.29) is 35.2 Å². The molecular formula is C21H21N3O6S. The van der Waals surface area contributed by atoms with E-state index in [0.29, 0.717) is 11.4 Å². The maximum Gasteiger partial charge on any atom is 0.287 e. The third-order valence-corrected chi connectivity index (χ3v) is 5.60. The number of methoxy groups -OCH3 is 1. The van der Waals surface area contributed by atoms with Gasteiger partial charge in [0, 0.05) is 18.7 Å². The summed E-state index contributed by atoms with van der Waals surface area (Å²) >= 11 is 0. The normalized spacial score (nSPS) is 10.9. The van der Waals surface area contributed by atoms with Gasteiger partial charge in [-0.25, -0.2) is 8.42 Å². The molecule has 2 amide bonds. The van der Waals surface area contributed by atoms with Crippen molar-refractivity contribution in [1.82, 2.24) is 10.6 Å². The molecule has 0 radical (unpaired) electrons. The van der Waals surface area contributed by atoms with Gasteiger partial charge in [0.25, 0.3) is 21.8 Å². The standard InChI is InChI=1S/C21H21N3O6S/c1-29-18-6-3-2-5-17(18)24-31(27,28)16-10-8-15(9-11-16)20(25)22-12-13-23-21(26)19-7-4-14-30-19/h2-11,14,24H,12-13H2,1H3,(H,22,25)(H,23,26). The van der Waals surface area contributed by atoms with Crippen molar-refractivity contribution in [3.05, 3.63) is 78.3 Å². The lowest BCUT2D eigenvalue weighted by atomic mass is 10.2. The maximum absolute atomic E-state index is 12.6. The Morgan fingerprint density at radius 1 is 0.903 bits per heavy atom. The van der Waals surface area contributed by atoms with Crippen LogP contribution in [0.25, 0.3) is 0 Å². The minimum absolute atomic E-state index is 0.000618. The van der Waals surface area contributed by atoms with E-state index in [0.717, 1.165) is 0 Å². The van der Waals surface area contributed by atoms with Gasteiger partial charge >= 0.3 is 0 Å². The Morgan fingerprint density at radius 3 is 2.23 bits per heavy atom. The number of nitrogens with one attached hydrogen (secondary N) is 3. The fourth-order valence-electron chi connectivity index (χ4n) is 2.67. The molecule has 1 heterocycles. The summed E-state index contributed by atoms with van der Waals surface area (Å²) in [7, 11) is -2.41. The second-order valence-electron chi connectivity index (χ2n) is 6.32. The second-order valence-corrected chi connectivity index (χ2v) is 8.00. The van der Waals surface area contributed by atoms with Crippen molar-refractivity contribution in [2.24, 2.45) is 0 Å². The highest BCUT2D eigenvalue weighted by atomic mass is 32.2. The van der Waals surface area contributed by atoms with Crippen LogP contribution in [0, 0.1) is 0 Å².